The molecule has 65 heavy (non-hydrogen) atoms. The number of hydrogen-bond donors (Lipinski definition) is 0. The van der Waals surface area contributed by atoms with Gasteiger partial charge < -0.3 is 14.2 Å². The molecule has 0 amide bonds. The molecule has 0 rings (SSSR count). The van der Waals surface area contributed by atoms with Gasteiger partial charge in [0.1, 0.15) is 13.2 Å². The number of hydrogen-bond acceptors (Lipinski definition) is 6. The van der Waals surface area contributed by atoms with Crippen LogP contribution in [0.2, 0.25) is 0 Å². The zero-order valence-corrected chi connectivity index (χ0v) is 42.7. The first kappa shape index (κ1) is 61.9. The maximum atomic E-state index is 12.8. The van der Waals surface area contributed by atoms with E-state index in [2.05, 4.69) is 93.7 Å². The topological polar surface area (TPSA) is 78.9 Å². The van der Waals surface area contributed by atoms with E-state index in [1.54, 1.807) is 0 Å². The maximum absolute atomic E-state index is 12.8. The second-order valence-electron chi connectivity index (χ2n) is 18.1. The Kier molecular flexibility index (Phi) is 50.9. The van der Waals surface area contributed by atoms with Crippen molar-refractivity contribution in [3.8, 4) is 0 Å². The van der Waals surface area contributed by atoms with Crippen molar-refractivity contribution in [3.05, 3.63) is 72.9 Å². The van der Waals surface area contributed by atoms with Crippen molar-refractivity contribution in [1.29, 1.82) is 0 Å². The molecule has 1 atom stereocenters. The Hall–Kier alpha value is -3.15. The molecule has 0 aromatic rings. The van der Waals surface area contributed by atoms with Crippen molar-refractivity contribution in [2.45, 2.75) is 271 Å². The smallest absolute Gasteiger partial charge is 0.306 e. The number of allylic oxidation sites excluding steroid dienone is 12. The van der Waals surface area contributed by atoms with Crippen LogP contribution in [-0.2, 0) is 28.6 Å². The molecule has 6 heteroatoms. The van der Waals surface area contributed by atoms with Gasteiger partial charge >= 0.3 is 17.9 Å². The molecule has 374 valence electrons. The third kappa shape index (κ3) is 51.7. The van der Waals surface area contributed by atoms with Gasteiger partial charge in [-0.25, -0.2) is 0 Å². The van der Waals surface area contributed by atoms with Crippen LogP contribution >= 0.6 is 0 Å². The molecule has 0 unspecified atom stereocenters. The van der Waals surface area contributed by atoms with Gasteiger partial charge in [0, 0.05) is 19.3 Å². The molecule has 0 saturated carbocycles. The minimum absolute atomic E-state index is 0.0967. The molecule has 6 nitrogen and oxygen atoms in total. The predicted molar refractivity (Wildman–Crippen MR) is 279 cm³/mol. The highest BCUT2D eigenvalue weighted by Crippen LogP contribution is 2.14. The highest BCUT2D eigenvalue weighted by atomic mass is 16.6. The van der Waals surface area contributed by atoms with E-state index < -0.39 is 6.10 Å². The van der Waals surface area contributed by atoms with Crippen LogP contribution in [0.3, 0.4) is 0 Å². The lowest BCUT2D eigenvalue weighted by Gasteiger charge is -2.18. The Morgan fingerprint density at radius 3 is 1.00 bits per heavy atom. The van der Waals surface area contributed by atoms with E-state index >= 15 is 0 Å². The van der Waals surface area contributed by atoms with Crippen LogP contribution in [0.15, 0.2) is 72.9 Å². The summed E-state index contributed by atoms with van der Waals surface area (Å²) in [6, 6.07) is 0. The van der Waals surface area contributed by atoms with Gasteiger partial charge in [0.25, 0.3) is 0 Å². The number of ether oxygens (including phenoxy) is 3. The fourth-order valence-corrected chi connectivity index (χ4v) is 7.54. The molecule has 0 N–H and O–H groups in total. The van der Waals surface area contributed by atoms with Gasteiger partial charge in [-0.1, -0.05) is 209 Å². The Morgan fingerprint density at radius 1 is 0.323 bits per heavy atom. The monoisotopic (exact) mass is 907 g/mol. The molecule has 0 aliphatic rings. The van der Waals surface area contributed by atoms with Crippen LogP contribution in [0.25, 0.3) is 0 Å². The van der Waals surface area contributed by atoms with Gasteiger partial charge in [0.15, 0.2) is 6.10 Å². The molecule has 0 aromatic carbocycles. The van der Waals surface area contributed by atoms with Crippen molar-refractivity contribution in [2.75, 3.05) is 13.2 Å². The number of unbranched alkanes of at least 4 members (excludes halogenated alkanes) is 26. The first-order valence-corrected chi connectivity index (χ1v) is 27.4. The van der Waals surface area contributed by atoms with E-state index in [0.717, 1.165) is 83.5 Å². The van der Waals surface area contributed by atoms with Crippen molar-refractivity contribution < 1.29 is 28.6 Å². The van der Waals surface area contributed by atoms with E-state index in [0.29, 0.717) is 19.3 Å². The molecule has 0 fully saturated rings. The summed E-state index contributed by atoms with van der Waals surface area (Å²) >= 11 is 0. The molecule has 0 spiro atoms. The third-order valence-electron chi connectivity index (χ3n) is 11.7. The van der Waals surface area contributed by atoms with E-state index in [1.807, 2.05) is 0 Å². The van der Waals surface area contributed by atoms with Crippen LogP contribution in [0.5, 0.6) is 0 Å². The van der Waals surface area contributed by atoms with Gasteiger partial charge in [-0.15, -0.1) is 0 Å². The van der Waals surface area contributed by atoms with Gasteiger partial charge in [0.05, 0.1) is 0 Å². The summed E-state index contributed by atoms with van der Waals surface area (Å²) < 4.78 is 16.8. The third-order valence-corrected chi connectivity index (χ3v) is 11.7. The first-order valence-electron chi connectivity index (χ1n) is 27.4. The zero-order chi connectivity index (χ0) is 47.2. The lowest BCUT2D eigenvalue weighted by atomic mass is 10.1. The first-order chi connectivity index (χ1) is 32.0. The summed E-state index contributed by atoms with van der Waals surface area (Å²) in [5.74, 6) is -0.947. The van der Waals surface area contributed by atoms with Crippen molar-refractivity contribution in [2.24, 2.45) is 0 Å². The summed E-state index contributed by atoms with van der Waals surface area (Å²) in [6.07, 6.45) is 67.5. The summed E-state index contributed by atoms with van der Waals surface area (Å²) in [5, 5.41) is 0. The van der Waals surface area contributed by atoms with Gasteiger partial charge in [-0.3, -0.25) is 14.4 Å². The van der Waals surface area contributed by atoms with Crippen LogP contribution in [-0.4, -0.2) is 37.2 Å². The highest BCUT2D eigenvalue weighted by Gasteiger charge is 2.19. The number of rotatable bonds is 49. The largest absolute Gasteiger partial charge is 0.462 e. The Labute approximate surface area is 402 Å². The van der Waals surface area contributed by atoms with Crippen LogP contribution in [0.1, 0.15) is 265 Å². The normalized spacial score (nSPS) is 12.6. The SMILES string of the molecule is CC/C=C\C/C=C\C/C=C\C/C=C\CCCCC(=O)O[C@H](COC(=O)CCCCCCC/C=C\CCCCCC)COC(=O)CCCCCCCCC/C=C\CCCCCCCCCC. The minimum atomic E-state index is -0.801. The number of carbonyl (C=O) groups excluding carboxylic acids is 3. The molecule has 0 aromatic heterocycles. The van der Waals surface area contributed by atoms with E-state index in [9.17, 15) is 14.4 Å². The second kappa shape index (κ2) is 53.5. The quantitative estimate of drug-likeness (QED) is 0.0262. The maximum Gasteiger partial charge on any atom is 0.306 e. The van der Waals surface area contributed by atoms with Crippen molar-refractivity contribution in [1.82, 2.24) is 0 Å². The fraction of sp³-hybridized carbons (Fsp3) is 0.746. The Bertz CT molecular complexity index is 1230. The Balaban J connectivity index is 4.42. The standard InChI is InChI=1S/C59H102O6/c1-4-7-10-13-16-19-22-25-27-28-29-30-32-34-37-40-43-46-49-52-58(61)64-55-56(54-63-57(60)51-48-45-42-39-36-33-24-21-18-15-12-9-6-3)65-59(62)53-50-47-44-41-38-35-31-26-23-20-17-14-11-8-5-2/h8,11,17,20-21,24,26,28-29,31,38,41,56H,4-7,9-10,12-16,18-19,22-23,25,27,30,32-37,39-40,42-55H2,1-3H3/b11-8-,20-17-,24-21-,29-28-,31-26-,41-38-/t56-/m1/s1. The highest BCUT2D eigenvalue weighted by molar-refractivity contribution is 5.71. The molecule has 0 aliphatic carbocycles. The molecular formula is C59H102O6. The lowest BCUT2D eigenvalue weighted by molar-refractivity contribution is -0.167. The molecule has 0 radical (unpaired) electrons. The lowest BCUT2D eigenvalue weighted by Crippen LogP contribution is -2.30. The Morgan fingerprint density at radius 2 is 0.600 bits per heavy atom. The van der Waals surface area contributed by atoms with Crippen LogP contribution in [0, 0.1) is 0 Å². The van der Waals surface area contributed by atoms with E-state index in [-0.39, 0.29) is 37.5 Å². The van der Waals surface area contributed by atoms with Crippen molar-refractivity contribution >= 4 is 17.9 Å². The molecule has 0 heterocycles. The molecule has 0 saturated heterocycles. The van der Waals surface area contributed by atoms with E-state index in [4.69, 9.17) is 14.2 Å². The van der Waals surface area contributed by atoms with Crippen LogP contribution < -0.4 is 0 Å². The van der Waals surface area contributed by atoms with Gasteiger partial charge in [-0.2, -0.15) is 0 Å². The number of carbonyl (C=O) groups is 3. The summed E-state index contributed by atoms with van der Waals surface area (Å²) in [5.41, 5.74) is 0. The van der Waals surface area contributed by atoms with Crippen LogP contribution in [0.4, 0.5) is 0 Å². The minimum Gasteiger partial charge on any atom is -0.462 e. The van der Waals surface area contributed by atoms with Gasteiger partial charge in [-0.05, 0) is 109 Å². The predicted octanol–water partition coefficient (Wildman–Crippen LogP) is 18.2. The van der Waals surface area contributed by atoms with E-state index in [1.165, 1.54) is 135 Å². The molecule has 0 bridgehead atoms. The summed E-state index contributed by atoms with van der Waals surface area (Å²) in [7, 11) is 0. The van der Waals surface area contributed by atoms with Crippen molar-refractivity contribution in [3.63, 3.8) is 0 Å². The molecular weight excluding hydrogens is 805 g/mol. The average molecular weight is 907 g/mol. The average Bonchev–Trinajstić information content (AvgIpc) is 3.30. The zero-order valence-electron chi connectivity index (χ0n) is 42.7. The molecule has 0 aliphatic heterocycles. The fourth-order valence-electron chi connectivity index (χ4n) is 7.54. The van der Waals surface area contributed by atoms with Gasteiger partial charge in [0.2, 0.25) is 0 Å². The second-order valence-corrected chi connectivity index (χ2v) is 18.1. The summed E-state index contributed by atoms with van der Waals surface area (Å²) in [4.78, 5) is 38.0. The summed E-state index contributed by atoms with van der Waals surface area (Å²) in [6.45, 7) is 6.47. The number of esters is 3.